The Hall–Kier alpha value is -3.53. The quantitative estimate of drug-likeness (QED) is 0.539. The van der Waals surface area contributed by atoms with Crippen LogP contribution in [0.25, 0.3) is 10.9 Å². The highest BCUT2D eigenvalue weighted by molar-refractivity contribution is 5.77. The Morgan fingerprint density at radius 3 is 2.43 bits per heavy atom. The number of aromatic nitrogens is 4. The monoisotopic (exact) mass is 476 g/mol. The Kier molecular flexibility index (Phi) is 6.63. The molecule has 5 rings (SSSR count). The van der Waals surface area contributed by atoms with Gasteiger partial charge in [0, 0.05) is 77.1 Å². The molecule has 2 aliphatic rings. The Labute approximate surface area is 204 Å². The number of para-hydroxylation sites is 1. The summed E-state index contributed by atoms with van der Waals surface area (Å²) < 4.78 is 1.52. The van der Waals surface area contributed by atoms with Crippen LogP contribution in [0.3, 0.4) is 0 Å². The van der Waals surface area contributed by atoms with Gasteiger partial charge >= 0.3 is 0 Å². The minimum atomic E-state index is -0.110. The highest BCUT2D eigenvalue weighted by Crippen LogP contribution is 2.20. The molecular weight excluding hydrogens is 444 g/mol. The third-order valence-corrected chi connectivity index (χ3v) is 6.87. The van der Waals surface area contributed by atoms with E-state index in [1.54, 1.807) is 6.07 Å². The van der Waals surface area contributed by atoms with Crippen LogP contribution in [0.15, 0.2) is 41.5 Å². The lowest BCUT2D eigenvalue weighted by Crippen LogP contribution is -2.49. The van der Waals surface area contributed by atoms with Gasteiger partial charge in [-0.05, 0) is 26.1 Å². The zero-order valence-corrected chi connectivity index (χ0v) is 20.4. The molecule has 2 fully saturated rings. The van der Waals surface area contributed by atoms with Gasteiger partial charge in [-0.25, -0.2) is 9.97 Å². The first-order chi connectivity index (χ1) is 17.0. The molecule has 0 saturated carbocycles. The Balaban J connectivity index is 1.18. The summed E-state index contributed by atoms with van der Waals surface area (Å²) in [5.41, 5.74) is 1.52. The Morgan fingerprint density at radius 1 is 0.943 bits per heavy atom. The number of rotatable bonds is 5. The molecule has 1 amide bonds. The topological polar surface area (TPSA) is 90.7 Å². The van der Waals surface area contributed by atoms with Crippen LogP contribution in [0.2, 0.25) is 0 Å². The molecule has 10 heteroatoms. The molecule has 3 aromatic rings. The number of likely N-dealkylation sites (N-methyl/N-ethyl adjacent to an activating group) is 1. The summed E-state index contributed by atoms with van der Waals surface area (Å²) in [6.45, 7) is 8.93. The molecular formula is C25H32N8O2. The predicted octanol–water partition coefficient (Wildman–Crippen LogP) is 0.986. The van der Waals surface area contributed by atoms with Crippen molar-refractivity contribution in [3.05, 3.63) is 52.7 Å². The van der Waals surface area contributed by atoms with Crippen molar-refractivity contribution in [2.24, 2.45) is 0 Å². The van der Waals surface area contributed by atoms with Crippen molar-refractivity contribution >= 4 is 28.6 Å². The summed E-state index contributed by atoms with van der Waals surface area (Å²) in [6, 6.07) is 9.32. The number of benzene rings is 1. The summed E-state index contributed by atoms with van der Waals surface area (Å²) in [7, 11) is 2.14. The number of hydrogen-bond acceptors (Lipinski definition) is 8. The van der Waals surface area contributed by atoms with E-state index in [1.165, 1.54) is 10.9 Å². The van der Waals surface area contributed by atoms with Crippen molar-refractivity contribution in [3.63, 3.8) is 0 Å². The molecule has 2 aliphatic heterocycles. The minimum Gasteiger partial charge on any atom is -0.354 e. The van der Waals surface area contributed by atoms with Gasteiger partial charge in [0.1, 0.15) is 5.82 Å². The van der Waals surface area contributed by atoms with E-state index in [4.69, 9.17) is 4.98 Å². The second kappa shape index (κ2) is 9.99. The van der Waals surface area contributed by atoms with Crippen molar-refractivity contribution in [3.8, 4) is 0 Å². The van der Waals surface area contributed by atoms with Gasteiger partial charge in [-0.2, -0.15) is 4.98 Å². The van der Waals surface area contributed by atoms with Crippen LogP contribution in [0.4, 0.5) is 11.8 Å². The number of amides is 1. The molecule has 2 aromatic heterocycles. The average molecular weight is 477 g/mol. The number of piperazine rings is 2. The molecule has 0 N–H and O–H groups in total. The van der Waals surface area contributed by atoms with Crippen LogP contribution in [0.1, 0.15) is 12.1 Å². The van der Waals surface area contributed by atoms with E-state index in [0.717, 1.165) is 43.6 Å². The number of aryl methyl sites for hydroxylation is 2. The van der Waals surface area contributed by atoms with Crippen molar-refractivity contribution in [2.45, 2.75) is 19.9 Å². The molecule has 2 saturated heterocycles. The lowest BCUT2D eigenvalue weighted by molar-refractivity contribution is -0.131. The summed E-state index contributed by atoms with van der Waals surface area (Å²) >= 11 is 0. The highest BCUT2D eigenvalue weighted by atomic mass is 16.2. The fourth-order valence-corrected chi connectivity index (χ4v) is 4.67. The third-order valence-electron chi connectivity index (χ3n) is 6.87. The van der Waals surface area contributed by atoms with Crippen molar-refractivity contribution in [2.75, 3.05) is 69.2 Å². The zero-order chi connectivity index (χ0) is 24.4. The summed E-state index contributed by atoms with van der Waals surface area (Å²) in [6.07, 6.45) is 1.80. The van der Waals surface area contributed by atoms with Gasteiger partial charge in [-0.3, -0.25) is 14.2 Å². The Bertz CT molecular complexity index is 1260. The van der Waals surface area contributed by atoms with E-state index < -0.39 is 0 Å². The first-order valence-electron chi connectivity index (χ1n) is 12.2. The van der Waals surface area contributed by atoms with Gasteiger partial charge in [-0.1, -0.05) is 12.1 Å². The number of hydrogen-bond donors (Lipinski definition) is 0. The van der Waals surface area contributed by atoms with Gasteiger partial charge in [0.05, 0.1) is 17.2 Å². The number of anilines is 2. The van der Waals surface area contributed by atoms with Crippen molar-refractivity contribution < 1.29 is 4.79 Å². The van der Waals surface area contributed by atoms with Gasteiger partial charge < -0.3 is 19.6 Å². The van der Waals surface area contributed by atoms with E-state index in [2.05, 4.69) is 37.8 Å². The van der Waals surface area contributed by atoms with Crippen molar-refractivity contribution in [1.82, 2.24) is 29.3 Å². The summed E-state index contributed by atoms with van der Waals surface area (Å²) in [5.74, 6) is 1.77. The first-order valence-corrected chi connectivity index (χ1v) is 12.2. The standard InChI is InChI=1S/C25H32N8O2/c1-19-17-22(30-11-9-29(2)10-12-30)28-25(27-19)32-15-13-31(14-16-32)23(34)7-8-33-18-26-21-6-4-3-5-20(21)24(33)35/h3-6,17-18H,7-16H2,1-2H3. The maximum atomic E-state index is 12.9. The van der Waals surface area contributed by atoms with Crippen LogP contribution in [0.5, 0.6) is 0 Å². The lowest BCUT2D eigenvalue weighted by Gasteiger charge is -2.36. The van der Waals surface area contributed by atoms with Crippen LogP contribution in [0, 0.1) is 6.92 Å². The fraction of sp³-hybridized carbons (Fsp3) is 0.480. The molecule has 0 unspecified atom stereocenters. The molecule has 0 aliphatic carbocycles. The largest absolute Gasteiger partial charge is 0.354 e. The molecule has 184 valence electrons. The van der Waals surface area contributed by atoms with Gasteiger partial charge in [0.15, 0.2) is 0 Å². The van der Waals surface area contributed by atoms with Crippen LogP contribution >= 0.6 is 0 Å². The third kappa shape index (κ3) is 5.12. The SMILES string of the molecule is Cc1cc(N2CCN(C)CC2)nc(N2CCN(C(=O)CCn3cnc4ccccc4c3=O)CC2)n1. The van der Waals surface area contributed by atoms with Gasteiger partial charge in [0.25, 0.3) is 5.56 Å². The van der Waals surface area contributed by atoms with Gasteiger partial charge in [0.2, 0.25) is 11.9 Å². The summed E-state index contributed by atoms with van der Waals surface area (Å²) in [4.78, 5) is 48.1. The normalized spacial score (nSPS) is 17.3. The number of carbonyl (C=O) groups excluding carboxylic acids is 1. The maximum absolute atomic E-state index is 12.9. The lowest BCUT2D eigenvalue weighted by atomic mass is 10.2. The molecule has 0 radical (unpaired) electrons. The first kappa shape index (κ1) is 23.2. The number of fused-ring (bicyclic) bond motifs is 1. The predicted molar refractivity (Wildman–Crippen MR) is 136 cm³/mol. The maximum Gasteiger partial charge on any atom is 0.261 e. The molecule has 0 spiro atoms. The fourth-order valence-electron chi connectivity index (χ4n) is 4.67. The molecule has 1 aromatic carbocycles. The molecule has 10 nitrogen and oxygen atoms in total. The van der Waals surface area contributed by atoms with E-state index in [9.17, 15) is 9.59 Å². The number of carbonyl (C=O) groups is 1. The van der Waals surface area contributed by atoms with Crippen molar-refractivity contribution in [1.29, 1.82) is 0 Å². The smallest absolute Gasteiger partial charge is 0.261 e. The second-order valence-corrected chi connectivity index (χ2v) is 9.34. The average Bonchev–Trinajstić information content (AvgIpc) is 2.88. The summed E-state index contributed by atoms with van der Waals surface area (Å²) in [5, 5.41) is 0.574. The van der Waals surface area contributed by atoms with Crippen LogP contribution < -0.4 is 15.4 Å². The number of nitrogens with zero attached hydrogens (tertiary/aromatic N) is 8. The van der Waals surface area contributed by atoms with Crippen LogP contribution in [-0.4, -0.2) is 94.6 Å². The highest BCUT2D eigenvalue weighted by Gasteiger charge is 2.24. The molecule has 0 bridgehead atoms. The zero-order valence-electron chi connectivity index (χ0n) is 20.4. The van der Waals surface area contributed by atoms with E-state index >= 15 is 0 Å². The van der Waals surface area contributed by atoms with Gasteiger partial charge in [-0.15, -0.1) is 0 Å². The molecule has 4 heterocycles. The van der Waals surface area contributed by atoms with E-state index in [0.29, 0.717) is 43.6 Å². The molecule has 35 heavy (non-hydrogen) atoms. The van der Waals surface area contributed by atoms with Crippen LogP contribution in [-0.2, 0) is 11.3 Å². The van der Waals surface area contributed by atoms with E-state index in [1.807, 2.05) is 30.0 Å². The molecule has 0 atom stereocenters. The Morgan fingerprint density at radius 2 is 1.66 bits per heavy atom. The van der Waals surface area contributed by atoms with E-state index in [-0.39, 0.29) is 17.9 Å². The second-order valence-electron chi connectivity index (χ2n) is 9.34. The minimum absolute atomic E-state index is 0.0491.